The third-order valence-corrected chi connectivity index (χ3v) is 2.43. The van der Waals surface area contributed by atoms with E-state index in [1.807, 2.05) is 12.1 Å². The van der Waals surface area contributed by atoms with Crippen molar-refractivity contribution in [2.75, 3.05) is 5.32 Å². The molecule has 1 heterocycles. The summed E-state index contributed by atoms with van der Waals surface area (Å²) in [7, 11) is 0. The molecule has 0 aliphatic rings. The Balaban J connectivity index is 2.69. The third kappa shape index (κ3) is 2.88. The highest BCUT2D eigenvalue weighted by atomic mass is 35.5. The molecule has 3 heteroatoms. The number of halogens is 1. The molecule has 0 fully saturated rings. The van der Waals surface area contributed by atoms with Gasteiger partial charge >= 0.3 is 0 Å². The monoisotopic (exact) mass is 198 g/mol. The van der Waals surface area contributed by atoms with Crippen LogP contribution in [-0.4, -0.2) is 11.0 Å². The van der Waals surface area contributed by atoms with Gasteiger partial charge in [0.25, 0.3) is 0 Å². The van der Waals surface area contributed by atoms with Crippen molar-refractivity contribution in [1.29, 1.82) is 0 Å². The van der Waals surface area contributed by atoms with Gasteiger partial charge in [0.1, 0.15) is 5.82 Å². The maximum Gasteiger partial charge on any atom is 0.144 e. The molecule has 72 valence electrons. The Hall–Kier alpha value is -0.760. The van der Waals surface area contributed by atoms with Crippen LogP contribution < -0.4 is 5.32 Å². The van der Waals surface area contributed by atoms with E-state index >= 15 is 0 Å². The van der Waals surface area contributed by atoms with Gasteiger partial charge in [-0.15, -0.1) is 0 Å². The molecule has 0 aliphatic heterocycles. The normalized spacial score (nSPS) is 13.0. The van der Waals surface area contributed by atoms with Crippen molar-refractivity contribution in [2.45, 2.75) is 26.8 Å². The molecule has 1 atom stereocenters. The van der Waals surface area contributed by atoms with Gasteiger partial charge in [-0.05, 0) is 25.0 Å². The van der Waals surface area contributed by atoms with Crippen molar-refractivity contribution in [3.05, 3.63) is 23.4 Å². The van der Waals surface area contributed by atoms with Crippen LogP contribution in [-0.2, 0) is 0 Å². The SMILES string of the molecule is CC(C)C(C)Nc1ncccc1Cl. The Bertz CT molecular complexity index is 273. The van der Waals surface area contributed by atoms with Crippen molar-refractivity contribution in [3.8, 4) is 0 Å². The molecule has 0 aromatic carbocycles. The Labute approximate surface area is 84.3 Å². The summed E-state index contributed by atoms with van der Waals surface area (Å²) in [4.78, 5) is 4.16. The van der Waals surface area contributed by atoms with E-state index in [-0.39, 0.29) is 0 Å². The molecule has 1 aromatic rings. The van der Waals surface area contributed by atoms with E-state index in [1.54, 1.807) is 6.20 Å². The lowest BCUT2D eigenvalue weighted by atomic mass is 10.1. The van der Waals surface area contributed by atoms with E-state index in [4.69, 9.17) is 11.6 Å². The summed E-state index contributed by atoms with van der Waals surface area (Å²) < 4.78 is 0. The zero-order valence-corrected chi connectivity index (χ0v) is 8.97. The minimum atomic E-state index is 0.382. The van der Waals surface area contributed by atoms with Gasteiger partial charge < -0.3 is 5.32 Å². The average Bonchev–Trinajstić information content (AvgIpc) is 2.08. The maximum absolute atomic E-state index is 5.95. The second kappa shape index (κ2) is 4.47. The largest absolute Gasteiger partial charge is 0.366 e. The standard InChI is InChI=1S/C10H15ClN2/c1-7(2)8(3)13-10-9(11)5-4-6-12-10/h4-8H,1-3H3,(H,12,13). The number of nitrogens with zero attached hydrogens (tertiary/aromatic N) is 1. The second-order valence-corrected chi connectivity index (χ2v) is 3.92. The molecule has 0 radical (unpaired) electrons. The molecule has 0 bridgehead atoms. The number of hydrogen-bond donors (Lipinski definition) is 1. The minimum absolute atomic E-state index is 0.382. The summed E-state index contributed by atoms with van der Waals surface area (Å²) in [6.45, 7) is 6.44. The average molecular weight is 199 g/mol. The number of hydrogen-bond acceptors (Lipinski definition) is 2. The van der Waals surface area contributed by atoms with Crippen molar-refractivity contribution < 1.29 is 0 Å². The van der Waals surface area contributed by atoms with E-state index < -0.39 is 0 Å². The molecular weight excluding hydrogens is 184 g/mol. The fourth-order valence-electron chi connectivity index (χ4n) is 0.874. The Morgan fingerprint density at radius 3 is 2.62 bits per heavy atom. The molecule has 0 aliphatic carbocycles. The van der Waals surface area contributed by atoms with Crippen LogP contribution in [0, 0.1) is 5.92 Å². The first-order chi connectivity index (χ1) is 6.11. The highest BCUT2D eigenvalue weighted by Crippen LogP contribution is 2.19. The molecule has 13 heavy (non-hydrogen) atoms. The summed E-state index contributed by atoms with van der Waals surface area (Å²) in [5.74, 6) is 1.34. The summed E-state index contributed by atoms with van der Waals surface area (Å²) in [6, 6.07) is 4.05. The highest BCUT2D eigenvalue weighted by Gasteiger charge is 2.08. The summed E-state index contributed by atoms with van der Waals surface area (Å²) >= 11 is 5.95. The molecule has 1 rings (SSSR count). The number of pyridine rings is 1. The van der Waals surface area contributed by atoms with Crippen LogP contribution in [0.3, 0.4) is 0 Å². The summed E-state index contributed by atoms with van der Waals surface area (Å²) in [5.41, 5.74) is 0. The Kier molecular flexibility index (Phi) is 3.55. The first-order valence-corrected chi connectivity index (χ1v) is 4.86. The van der Waals surface area contributed by atoms with E-state index in [1.165, 1.54) is 0 Å². The van der Waals surface area contributed by atoms with Gasteiger partial charge in [-0.25, -0.2) is 4.98 Å². The van der Waals surface area contributed by atoms with Gasteiger partial charge in [-0.1, -0.05) is 25.4 Å². The Morgan fingerprint density at radius 1 is 1.38 bits per heavy atom. The third-order valence-electron chi connectivity index (χ3n) is 2.12. The van der Waals surface area contributed by atoms with Crippen LogP contribution in [0.2, 0.25) is 5.02 Å². The van der Waals surface area contributed by atoms with Gasteiger partial charge in [0.2, 0.25) is 0 Å². The molecule has 0 saturated carbocycles. The number of rotatable bonds is 3. The van der Waals surface area contributed by atoms with E-state index in [2.05, 4.69) is 31.1 Å². The van der Waals surface area contributed by atoms with Crippen LogP contribution >= 0.6 is 11.6 Å². The maximum atomic E-state index is 5.95. The molecule has 1 unspecified atom stereocenters. The first kappa shape index (κ1) is 10.3. The summed E-state index contributed by atoms with van der Waals surface area (Å²) in [6.07, 6.45) is 1.74. The second-order valence-electron chi connectivity index (χ2n) is 3.51. The first-order valence-electron chi connectivity index (χ1n) is 4.48. The molecule has 2 nitrogen and oxygen atoms in total. The van der Waals surface area contributed by atoms with E-state index in [9.17, 15) is 0 Å². The number of anilines is 1. The van der Waals surface area contributed by atoms with Crippen molar-refractivity contribution in [2.24, 2.45) is 5.92 Å². The van der Waals surface area contributed by atoms with Crippen LogP contribution in [0.15, 0.2) is 18.3 Å². The predicted octanol–water partition coefficient (Wildman–Crippen LogP) is 3.19. The van der Waals surface area contributed by atoms with Crippen LogP contribution in [0.5, 0.6) is 0 Å². The van der Waals surface area contributed by atoms with Crippen LogP contribution in [0.1, 0.15) is 20.8 Å². The van der Waals surface area contributed by atoms with Gasteiger partial charge in [0.15, 0.2) is 0 Å². The van der Waals surface area contributed by atoms with Crippen molar-refractivity contribution >= 4 is 17.4 Å². The van der Waals surface area contributed by atoms with Gasteiger partial charge in [0.05, 0.1) is 5.02 Å². The van der Waals surface area contributed by atoms with E-state index in [0.717, 1.165) is 5.82 Å². The fourth-order valence-corrected chi connectivity index (χ4v) is 1.05. The van der Waals surface area contributed by atoms with Crippen LogP contribution in [0.4, 0.5) is 5.82 Å². The topological polar surface area (TPSA) is 24.9 Å². The smallest absolute Gasteiger partial charge is 0.144 e. The quantitative estimate of drug-likeness (QED) is 0.807. The van der Waals surface area contributed by atoms with Gasteiger partial charge in [-0.2, -0.15) is 0 Å². The molecule has 1 N–H and O–H groups in total. The van der Waals surface area contributed by atoms with Crippen LogP contribution in [0.25, 0.3) is 0 Å². The lowest BCUT2D eigenvalue weighted by Crippen LogP contribution is -2.22. The lowest BCUT2D eigenvalue weighted by molar-refractivity contribution is 0.558. The molecule has 0 saturated heterocycles. The molecule has 0 amide bonds. The van der Waals surface area contributed by atoms with E-state index in [0.29, 0.717) is 17.0 Å². The fraction of sp³-hybridized carbons (Fsp3) is 0.500. The molecule has 1 aromatic heterocycles. The van der Waals surface area contributed by atoms with Crippen molar-refractivity contribution in [1.82, 2.24) is 4.98 Å². The molecule has 0 spiro atoms. The molecular formula is C10H15ClN2. The zero-order valence-electron chi connectivity index (χ0n) is 8.21. The highest BCUT2D eigenvalue weighted by molar-refractivity contribution is 6.32. The lowest BCUT2D eigenvalue weighted by Gasteiger charge is -2.18. The zero-order chi connectivity index (χ0) is 9.84. The Morgan fingerprint density at radius 2 is 2.08 bits per heavy atom. The van der Waals surface area contributed by atoms with Crippen molar-refractivity contribution in [3.63, 3.8) is 0 Å². The predicted molar refractivity (Wildman–Crippen MR) is 57.2 cm³/mol. The minimum Gasteiger partial charge on any atom is -0.366 e. The van der Waals surface area contributed by atoms with Gasteiger partial charge in [-0.3, -0.25) is 0 Å². The summed E-state index contributed by atoms with van der Waals surface area (Å²) in [5, 5.41) is 3.94. The number of aromatic nitrogens is 1. The van der Waals surface area contributed by atoms with Gasteiger partial charge in [0, 0.05) is 12.2 Å². The number of nitrogens with one attached hydrogen (secondary N) is 1.